The highest BCUT2D eigenvalue weighted by Gasteiger charge is 2.54. The Morgan fingerprint density at radius 2 is 2.08 bits per heavy atom. The number of ether oxygens (including phenoxy) is 1. The third-order valence-corrected chi connectivity index (χ3v) is 6.26. The first-order chi connectivity index (χ1) is 12.1. The molecule has 1 aliphatic heterocycles. The zero-order chi connectivity index (χ0) is 19.3. The van der Waals surface area contributed by atoms with Gasteiger partial charge in [-0.15, -0.1) is 0 Å². The van der Waals surface area contributed by atoms with E-state index in [-0.39, 0.29) is 30.5 Å². The Hall–Kier alpha value is -1.79. The zero-order valence-corrected chi connectivity index (χ0v) is 15.3. The van der Waals surface area contributed by atoms with Gasteiger partial charge in [-0.1, -0.05) is 18.6 Å². The maximum absolute atomic E-state index is 13.5. The average Bonchev–Trinajstić information content (AvgIpc) is 2.57. The fraction of sp³-hybridized carbons (Fsp3) is 0.684. The monoisotopic (exact) mass is 371 g/mol. The summed E-state index contributed by atoms with van der Waals surface area (Å²) in [5.74, 6) is -1.38. The van der Waals surface area contributed by atoms with Gasteiger partial charge in [0.1, 0.15) is 0 Å². The van der Waals surface area contributed by atoms with E-state index >= 15 is 0 Å². The maximum Gasteiger partial charge on any atom is 0.413 e. The van der Waals surface area contributed by atoms with Gasteiger partial charge in [0.05, 0.1) is 12.2 Å². The second-order valence-electron chi connectivity index (χ2n) is 7.54. The molecule has 1 saturated heterocycles. The highest BCUT2D eigenvalue weighted by Crippen LogP contribution is 2.56. The minimum absolute atomic E-state index is 0.0381. The Labute approximate surface area is 151 Å². The van der Waals surface area contributed by atoms with E-state index in [9.17, 15) is 22.8 Å². The second kappa shape index (κ2) is 6.43. The number of carbonyl (C=O) groups is 2. The van der Waals surface area contributed by atoms with Gasteiger partial charge in [-0.3, -0.25) is 4.79 Å². The van der Waals surface area contributed by atoms with Gasteiger partial charge in [0.2, 0.25) is 5.91 Å². The van der Waals surface area contributed by atoms with E-state index in [1.165, 1.54) is 0 Å². The van der Waals surface area contributed by atoms with Gasteiger partial charge < -0.3 is 9.64 Å². The molecule has 2 aliphatic carbocycles. The minimum atomic E-state index is -4.55. The molecule has 0 aromatic carbocycles. The maximum atomic E-state index is 13.5. The standard InChI is InChI=1S/C19H24F3NO3/c1-4-26-17(25)16-11-5-8-14-18(2,10-9-15(24)23(14)3)12(11)6-7-13(16)19(20,21)22/h6,11,14H,4-5,7-10H2,1-3H3/t11?,14?,18-/m1/s1. The first-order valence-electron chi connectivity index (χ1n) is 9.04. The summed E-state index contributed by atoms with van der Waals surface area (Å²) >= 11 is 0. The minimum Gasteiger partial charge on any atom is -0.463 e. The van der Waals surface area contributed by atoms with Crippen LogP contribution in [0.1, 0.15) is 46.0 Å². The zero-order valence-electron chi connectivity index (χ0n) is 15.3. The highest BCUT2D eigenvalue weighted by molar-refractivity contribution is 5.91. The van der Waals surface area contributed by atoms with Crippen LogP contribution >= 0.6 is 0 Å². The van der Waals surface area contributed by atoms with Crippen LogP contribution in [0, 0.1) is 11.3 Å². The molecular weight excluding hydrogens is 347 g/mol. The molecule has 3 atom stereocenters. The van der Waals surface area contributed by atoms with E-state index in [0.717, 1.165) is 5.57 Å². The summed E-state index contributed by atoms with van der Waals surface area (Å²) in [6.07, 6.45) is -1.26. The van der Waals surface area contributed by atoms with Crippen LogP contribution < -0.4 is 0 Å². The van der Waals surface area contributed by atoms with Gasteiger partial charge in [-0.05, 0) is 32.6 Å². The first-order valence-corrected chi connectivity index (χ1v) is 9.04. The van der Waals surface area contributed by atoms with Crippen molar-refractivity contribution in [1.82, 2.24) is 4.90 Å². The molecular formula is C19H24F3NO3. The number of likely N-dealkylation sites (tertiary alicyclic amines) is 1. The van der Waals surface area contributed by atoms with Crippen molar-refractivity contribution in [3.8, 4) is 0 Å². The van der Waals surface area contributed by atoms with Crippen LogP contribution in [-0.4, -0.2) is 42.6 Å². The van der Waals surface area contributed by atoms with Crippen LogP contribution in [0.15, 0.2) is 22.8 Å². The summed E-state index contributed by atoms with van der Waals surface area (Å²) < 4.78 is 45.6. The van der Waals surface area contributed by atoms with E-state index in [1.807, 2.05) is 6.92 Å². The quantitative estimate of drug-likeness (QED) is 0.548. The fourth-order valence-electron chi connectivity index (χ4n) is 4.99. The molecule has 26 heavy (non-hydrogen) atoms. The molecule has 2 unspecified atom stereocenters. The number of hydrogen-bond acceptors (Lipinski definition) is 3. The number of rotatable bonds is 2. The first kappa shape index (κ1) is 19.0. The molecule has 0 spiro atoms. The number of nitrogens with zero attached hydrogens (tertiary/aromatic N) is 1. The van der Waals surface area contributed by atoms with Crippen LogP contribution in [0.5, 0.6) is 0 Å². The molecule has 7 heteroatoms. The topological polar surface area (TPSA) is 46.6 Å². The molecule has 0 bridgehead atoms. The predicted molar refractivity (Wildman–Crippen MR) is 89.0 cm³/mol. The number of hydrogen-bond donors (Lipinski definition) is 0. The normalized spacial score (nSPS) is 32.0. The Bertz CT molecular complexity index is 695. The Kier molecular flexibility index (Phi) is 4.69. The lowest BCUT2D eigenvalue weighted by atomic mass is 9.57. The number of allylic oxidation sites excluding steroid dienone is 2. The fourth-order valence-corrected chi connectivity index (χ4v) is 4.99. The van der Waals surface area contributed by atoms with Crippen molar-refractivity contribution in [1.29, 1.82) is 0 Å². The molecule has 0 aromatic heterocycles. The number of halogens is 3. The number of piperidine rings is 1. The number of fused-ring (bicyclic) bond motifs is 3. The molecule has 1 saturated carbocycles. The number of esters is 1. The van der Waals surface area contributed by atoms with Crippen LogP contribution in [-0.2, 0) is 14.3 Å². The molecule has 2 fully saturated rings. The van der Waals surface area contributed by atoms with Crippen molar-refractivity contribution in [2.24, 2.45) is 11.3 Å². The van der Waals surface area contributed by atoms with E-state index in [4.69, 9.17) is 4.74 Å². The lowest BCUT2D eigenvalue weighted by molar-refractivity contribution is -0.143. The van der Waals surface area contributed by atoms with Crippen LogP contribution in [0.3, 0.4) is 0 Å². The van der Waals surface area contributed by atoms with E-state index in [0.29, 0.717) is 25.7 Å². The molecule has 1 heterocycles. The van der Waals surface area contributed by atoms with Crippen molar-refractivity contribution < 1.29 is 27.5 Å². The van der Waals surface area contributed by atoms with Gasteiger partial charge in [0.25, 0.3) is 0 Å². The van der Waals surface area contributed by atoms with E-state index < -0.39 is 29.1 Å². The van der Waals surface area contributed by atoms with Gasteiger partial charge in [0.15, 0.2) is 0 Å². The van der Waals surface area contributed by atoms with Gasteiger partial charge in [-0.2, -0.15) is 13.2 Å². The van der Waals surface area contributed by atoms with Gasteiger partial charge >= 0.3 is 12.1 Å². The molecule has 4 nitrogen and oxygen atoms in total. The SMILES string of the molecule is CCOC(=O)C1=C(C(F)(F)F)CC=C2C1CCC1N(C)C(=O)CC[C@]21C. The molecule has 0 aromatic rings. The highest BCUT2D eigenvalue weighted by atomic mass is 19.4. The van der Waals surface area contributed by atoms with Crippen molar-refractivity contribution in [3.05, 3.63) is 22.8 Å². The van der Waals surface area contributed by atoms with Crippen molar-refractivity contribution >= 4 is 11.9 Å². The molecule has 3 aliphatic rings. The van der Waals surface area contributed by atoms with Crippen molar-refractivity contribution in [2.75, 3.05) is 13.7 Å². The predicted octanol–water partition coefficient (Wildman–Crippen LogP) is 3.78. The lowest BCUT2D eigenvalue weighted by Gasteiger charge is -2.54. The molecule has 1 amide bonds. The Morgan fingerprint density at radius 3 is 2.69 bits per heavy atom. The number of amides is 1. The Balaban J connectivity index is 2.04. The number of alkyl halides is 3. The van der Waals surface area contributed by atoms with E-state index in [2.05, 4.69) is 0 Å². The van der Waals surface area contributed by atoms with Crippen molar-refractivity contribution in [3.63, 3.8) is 0 Å². The molecule has 144 valence electrons. The summed E-state index contributed by atoms with van der Waals surface area (Å²) in [7, 11) is 1.76. The van der Waals surface area contributed by atoms with Gasteiger partial charge in [0, 0.05) is 36.4 Å². The molecule has 3 rings (SSSR count). The largest absolute Gasteiger partial charge is 0.463 e. The average molecular weight is 371 g/mol. The summed E-state index contributed by atoms with van der Waals surface area (Å²) in [5, 5.41) is 0. The van der Waals surface area contributed by atoms with E-state index in [1.54, 1.807) is 24.9 Å². The smallest absolute Gasteiger partial charge is 0.413 e. The van der Waals surface area contributed by atoms with Crippen LogP contribution in [0.2, 0.25) is 0 Å². The molecule has 0 radical (unpaired) electrons. The second-order valence-corrected chi connectivity index (χ2v) is 7.54. The third kappa shape index (κ3) is 2.85. The van der Waals surface area contributed by atoms with Crippen LogP contribution in [0.25, 0.3) is 0 Å². The lowest BCUT2D eigenvalue weighted by Crippen LogP contribution is -2.56. The summed E-state index contributed by atoms with van der Waals surface area (Å²) in [6, 6.07) is -0.0397. The summed E-state index contributed by atoms with van der Waals surface area (Å²) in [4.78, 5) is 26.2. The summed E-state index contributed by atoms with van der Waals surface area (Å²) in [6.45, 7) is 3.64. The summed E-state index contributed by atoms with van der Waals surface area (Å²) in [5.41, 5.74) is -0.548. The third-order valence-electron chi connectivity index (χ3n) is 6.26. The van der Waals surface area contributed by atoms with Crippen LogP contribution in [0.4, 0.5) is 13.2 Å². The number of carbonyl (C=O) groups excluding carboxylic acids is 2. The Morgan fingerprint density at radius 1 is 1.38 bits per heavy atom. The van der Waals surface area contributed by atoms with Crippen molar-refractivity contribution in [2.45, 2.75) is 58.2 Å². The van der Waals surface area contributed by atoms with Gasteiger partial charge in [-0.25, -0.2) is 4.79 Å². The molecule has 0 N–H and O–H groups in total.